The molecule has 1 rings (SSSR count). The third-order valence-electron chi connectivity index (χ3n) is 2.71. The molecule has 0 aromatic carbocycles. The van der Waals surface area contributed by atoms with E-state index in [1.54, 1.807) is 6.92 Å². The first-order valence-corrected chi connectivity index (χ1v) is 5.87. The molecular formula is C12H22N4O. The van der Waals surface area contributed by atoms with Crippen LogP contribution in [0.25, 0.3) is 0 Å². The number of hydrogen-bond acceptors (Lipinski definition) is 4. The van der Waals surface area contributed by atoms with Crippen molar-refractivity contribution in [2.75, 3.05) is 27.2 Å². The molecule has 0 saturated heterocycles. The van der Waals surface area contributed by atoms with E-state index in [4.69, 9.17) is 0 Å². The molecule has 0 amide bonds. The maximum Gasteiger partial charge on any atom is 0.255 e. The van der Waals surface area contributed by atoms with Crippen molar-refractivity contribution in [2.45, 2.75) is 26.8 Å². The van der Waals surface area contributed by atoms with Crippen LogP contribution in [-0.4, -0.2) is 42.1 Å². The summed E-state index contributed by atoms with van der Waals surface area (Å²) in [6, 6.07) is 0.0202. The van der Waals surface area contributed by atoms with Gasteiger partial charge in [0, 0.05) is 24.8 Å². The first-order valence-electron chi connectivity index (χ1n) is 5.87. The number of hydrogen-bond donors (Lipinski definition) is 2. The third kappa shape index (κ3) is 3.94. The average molecular weight is 238 g/mol. The lowest BCUT2D eigenvalue weighted by Gasteiger charge is -2.17. The maximum absolute atomic E-state index is 11.9. The summed E-state index contributed by atoms with van der Waals surface area (Å²) in [5.41, 5.74) is 1.49. The van der Waals surface area contributed by atoms with E-state index in [0.717, 1.165) is 24.3 Å². The fourth-order valence-corrected chi connectivity index (χ4v) is 1.85. The molecule has 1 heterocycles. The van der Waals surface area contributed by atoms with Crippen LogP contribution < -0.4 is 10.9 Å². The van der Waals surface area contributed by atoms with Gasteiger partial charge in [0.15, 0.2) is 0 Å². The summed E-state index contributed by atoms with van der Waals surface area (Å²) in [6.07, 6.45) is 0. The van der Waals surface area contributed by atoms with Crippen LogP contribution in [0, 0.1) is 13.8 Å². The number of rotatable bonds is 5. The van der Waals surface area contributed by atoms with Gasteiger partial charge in [0.2, 0.25) is 0 Å². The molecule has 0 aliphatic rings. The van der Waals surface area contributed by atoms with Gasteiger partial charge >= 0.3 is 0 Å². The largest absolute Gasteiger partial charge is 0.310 e. The number of H-pyrrole nitrogens is 1. The van der Waals surface area contributed by atoms with Crippen molar-refractivity contribution in [2.24, 2.45) is 0 Å². The van der Waals surface area contributed by atoms with Crippen molar-refractivity contribution in [3.8, 4) is 0 Å². The van der Waals surface area contributed by atoms with E-state index in [9.17, 15) is 4.79 Å². The molecule has 1 aromatic heterocycles. The Morgan fingerprint density at radius 3 is 2.59 bits per heavy atom. The van der Waals surface area contributed by atoms with E-state index in [2.05, 4.69) is 20.2 Å². The molecule has 0 spiro atoms. The van der Waals surface area contributed by atoms with E-state index in [-0.39, 0.29) is 11.6 Å². The summed E-state index contributed by atoms with van der Waals surface area (Å²) in [5.74, 6) is 0.664. The van der Waals surface area contributed by atoms with Crippen LogP contribution in [0.4, 0.5) is 0 Å². The topological polar surface area (TPSA) is 61.0 Å². The Morgan fingerprint density at radius 2 is 2.06 bits per heavy atom. The minimum absolute atomic E-state index is 0.0202. The average Bonchev–Trinajstić information content (AvgIpc) is 2.14. The Kier molecular flexibility index (Phi) is 4.84. The predicted octanol–water partition coefficient (Wildman–Crippen LogP) is 0.599. The van der Waals surface area contributed by atoms with Crippen molar-refractivity contribution in [3.63, 3.8) is 0 Å². The monoisotopic (exact) mass is 238 g/mol. The Hall–Kier alpha value is -1.20. The van der Waals surface area contributed by atoms with Gasteiger partial charge < -0.3 is 15.2 Å². The molecule has 0 fully saturated rings. The summed E-state index contributed by atoms with van der Waals surface area (Å²) in [5, 5.41) is 3.33. The molecule has 17 heavy (non-hydrogen) atoms. The molecule has 0 aliphatic carbocycles. The Morgan fingerprint density at radius 1 is 1.41 bits per heavy atom. The molecule has 96 valence electrons. The highest BCUT2D eigenvalue weighted by Crippen LogP contribution is 2.10. The fraction of sp³-hybridized carbons (Fsp3) is 0.667. The lowest BCUT2D eigenvalue weighted by molar-refractivity contribution is 0.388. The molecule has 1 atom stereocenters. The molecule has 2 N–H and O–H groups in total. The molecular weight excluding hydrogens is 216 g/mol. The van der Waals surface area contributed by atoms with Crippen LogP contribution >= 0.6 is 0 Å². The zero-order valence-corrected chi connectivity index (χ0v) is 11.3. The number of likely N-dealkylation sites (N-methyl/N-ethyl adjacent to an activating group) is 1. The predicted molar refractivity (Wildman–Crippen MR) is 69.3 cm³/mol. The summed E-state index contributed by atoms with van der Waals surface area (Å²) in [7, 11) is 4.05. The minimum atomic E-state index is -0.0418. The molecule has 5 nitrogen and oxygen atoms in total. The summed E-state index contributed by atoms with van der Waals surface area (Å²) in [6.45, 7) is 7.45. The van der Waals surface area contributed by atoms with Crippen molar-refractivity contribution in [1.82, 2.24) is 20.2 Å². The molecule has 1 unspecified atom stereocenters. The van der Waals surface area contributed by atoms with Crippen LogP contribution in [-0.2, 0) is 0 Å². The van der Waals surface area contributed by atoms with Gasteiger partial charge in [-0.25, -0.2) is 4.98 Å². The van der Waals surface area contributed by atoms with Gasteiger partial charge in [0.25, 0.3) is 5.56 Å². The third-order valence-corrected chi connectivity index (χ3v) is 2.71. The van der Waals surface area contributed by atoms with Crippen LogP contribution in [0.15, 0.2) is 4.79 Å². The SMILES string of the molecule is Cc1nc(C)c(C(C)NCCN(C)C)c(=O)[nH]1. The number of nitrogens with one attached hydrogen (secondary N) is 2. The van der Waals surface area contributed by atoms with Crippen molar-refractivity contribution >= 4 is 0 Å². The highest BCUT2D eigenvalue weighted by Gasteiger charge is 2.13. The normalized spacial score (nSPS) is 13.1. The number of nitrogens with zero attached hydrogens (tertiary/aromatic N) is 2. The second kappa shape index (κ2) is 5.93. The van der Waals surface area contributed by atoms with Crippen molar-refractivity contribution < 1.29 is 0 Å². The van der Waals surface area contributed by atoms with E-state index in [1.807, 2.05) is 27.9 Å². The van der Waals surface area contributed by atoms with Crippen LogP contribution in [0.5, 0.6) is 0 Å². The van der Waals surface area contributed by atoms with Gasteiger partial charge in [-0.15, -0.1) is 0 Å². The van der Waals surface area contributed by atoms with Gasteiger partial charge in [-0.3, -0.25) is 4.79 Å². The van der Waals surface area contributed by atoms with E-state index in [1.165, 1.54) is 0 Å². The zero-order valence-electron chi connectivity index (χ0n) is 11.3. The molecule has 1 aromatic rings. The summed E-state index contributed by atoms with van der Waals surface area (Å²) in [4.78, 5) is 21.0. The lowest BCUT2D eigenvalue weighted by atomic mass is 10.1. The highest BCUT2D eigenvalue weighted by atomic mass is 16.1. The molecule has 0 aliphatic heterocycles. The van der Waals surface area contributed by atoms with Crippen molar-refractivity contribution in [3.05, 3.63) is 27.4 Å². The van der Waals surface area contributed by atoms with E-state index in [0.29, 0.717) is 5.82 Å². The Labute approximate surface area is 102 Å². The minimum Gasteiger partial charge on any atom is -0.310 e. The van der Waals surface area contributed by atoms with Crippen LogP contribution in [0.3, 0.4) is 0 Å². The van der Waals surface area contributed by atoms with Gasteiger partial charge in [-0.1, -0.05) is 0 Å². The Bertz CT molecular complexity index is 425. The summed E-state index contributed by atoms with van der Waals surface area (Å²) >= 11 is 0. The second-order valence-electron chi connectivity index (χ2n) is 4.63. The van der Waals surface area contributed by atoms with Gasteiger partial charge in [-0.05, 0) is 34.9 Å². The van der Waals surface area contributed by atoms with Crippen LogP contribution in [0.1, 0.15) is 30.0 Å². The van der Waals surface area contributed by atoms with E-state index >= 15 is 0 Å². The first kappa shape index (κ1) is 13.9. The zero-order chi connectivity index (χ0) is 13.0. The standard InChI is InChI=1S/C12H22N4O/c1-8(13-6-7-16(4)5)11-9(2)14-10(3)15-12(11)17/h8,13H,6-7H2,1-5H3,(H,14,15,17). The highest BCUT2D eigenvalue weighted by molar-refractivity contribution is 5.19. The second-order valence-corrected chi connectivity index (χ2v) is 4.63. The van der Waals surface area contributed by atoms with Gasteiger partial charge in [0.05, 0.1) is 5.56 Å². The van der Waals surface area contributed by atoms with Gasteiger partial charge in [-0.2, -0.15) is 0 Å². The lowest BCUT2D eigenvalue weighted by Crippen LogP contribution is -2.32. The summed E-state index contributed by atoms with van der Waals surface area (Å²) < 4.78 is 0. The molecule has 0 saturated carbocycles. The number of aromatic nitrogens is 2. The van der Waals surface area contributed by atoms with E-state index < -0.39 is 0 Å². The quantitative estimate of drug-likeness (QED) is 0.788. The molecule has 0 bridgehead atoms. The van der Waals surface area contributed by atoms with Crippen molar-refractivity contribution in [1.29, 1.82) is 0 Å². The smallest absolute Gasteiger partial charge is 0.255 e. The van der Waals surface area contributed by atoms with Gasteiger partial charge in [0.1, 0.15) is 5.82 Å². The van der Waals surface area contributed by atoms with Crippen LogP contribution in [0.2, 0.25) is 0 Å². The first-order chi connectivity index (χ1) is 7.91. The molecule has 5 heteroatoms. The number of aromatic amines is 1. The fourth-order valence-electron chi connectivity index (χ4n) is 1.85. The maximum atomic E-state index is 11.9. The number of aryl methyl sites for hydroxylation is 2. The molecule has 0 radical (unpaired) electrons. The Balaban J connectivity index is 2.75.